The minimum atomic E-state index is 0.156. The number of halogens is 1. The molecule has 4 rings (SSSR count). The number of fused-ring (bicyclic) bond motifs is 2. The van der Waals surface area contributed by atoms with Crippen molar-refractivity contribution in [2.75, 3.05) is 19.6 Å². The van der Waals surface area contributed by atoms with Gasteiger partial charge in [-0.2, -0.15) is 0 Å². The van der Waals surface area contributed by atoms with Crippen LogP contribution in [0.1, 0.15) is 36.5 Å². The van der Waals surface area contributed by atoms with Crippen LogP contribution >= 0.6 is 11.6 Å². The highest BCUT2D eigenvalue weighted by molar-refractivity contribution is 6.30. The topological polar surface area (TPSA) is 40.6 Å². The number of carbonyl (C=O) groups is 2. The van der Waals surface area contributed by atoms with Crippen molar-refractivity contribution in [3.8, 4) is 0 Å². The number of ketones is 1. The molecule has 2 unspecified atom stereocenters. The Balaban J connectivity index is 1.50. The monoisotopic (exact) mass is 320 g/mol. The summed E-state index contributed by atoms with van der Waals surface area (Å²) in [5, 5.41) is 0.648. The number of Topliss-reactive ketones (excluding diaryl/α,β-unsaturated/α-hetero) is 1. The van der Waals surface area contributed by atoms with Crippen LogP contribution in [0, 0.1) is 0 Å². The molecule has 22 heavy (non-hydrogen) atoms. The Bertz CT molecular complexity index is 561. The van der Waals surface area contributed by atoms with Gasteiger partial charge in [0, 0.05) is 55.1 Å². The molecule has 0 spiro atoms. The second-order valence-electron chi connectivity index (χ2n) is 6.11. The van der Waals surface area contributed by atoms with E-state index in [2.05, 4.69) is 4.90 Å². The Labute approximate surface area is 136 Å². The molecule has 118 valence electrons. The highest BCUT2D eigenvalue weighted by atomic mass is 35.5. The smallest absolute Gasteiger partial charge is 0.222 e. The maximum absolute atomic E-state index is 12.2. The first kappa shape index (κ1) is 15.5. The molecule has 0 N–H and O–H groups in total. The summed E-state index contributed by atoms with van der Waals surface area (Å²) in [4.78, 5) is 28.3. The zero-order valence-electron chi connectivity index (χ0n) is 12.8. The fourth-order valence-corrected chi connectivity index (χ4v) is 3.62. The number of carbonyl (C=O) groups excluding carboxylic acids is 2. The summed E-state index contributed by atoms with van der Waals surface area (Å²) in [6, 6.07) is 7.94. The lowest BCUT2D eigenvalue weighted by Gasteiger charge is -2.56. The normalized spacial score (nSPS) is 24.0. The van der Waals surface area contributed by atoms with Crippen LogP contribution in [0.15, 0.2) is 24.3 Å². The predicted octanol–water partition coefficient (Wildman–Crippen LogP) is 2.61. The van der Waals surface area contributed by atoms with E-state index in [1.807, 2.05) is 11.8 Å². The third kappa shape index (κ3) is 3.03. The lowest BCUT2D eigenvalue weighted by molar-refractivity contribution is -0.143. The fourth-order valence-electron chi connectivity index (χ4n) is 3.49. The van der Waals surface area contributed by atoms with Crippen LogP contribution < -0.4 is 0 Å². The van der Waals surface area contributed by atoms with Gasteiger partial charge >= 0.3 is 0 Å². The zero-order valence-corrected chi connectivity index (χ0v) is 13.6. The van der Waals surface area contributed by atoms with Gasteiger partial charge in [-0.25, -0.2) is 0 Å². The molecule has 3 aliphatic rings. The van der Waals surface area contributed by atoms with Crippen LogP contribution in [0.3, 0.4) is 0 Å². The molecule has 0 radical (unpaired) electrons. The fraction of sp³-hybridized carbons (Fsp3) is 0.529. The van der Waals surface area contributed by atoms with E-state index in [1.165, 1.54) is 0 Å². The summed E-state index contributed by atoms with van der Waals surface area (Å²) in [6.45, 7) is 4.33. The number of hydrogen-bond donors (Lipinski definition) is 0. The minimum Gasteiger partial charge on any atom is -0.340 e. The Morgan fingerprint density at radius 3 is 2.41 bits per heavy atom. The second kappa shape index (κ2) is 6.39. The van der Waals surface area contributed by atoms with Crippen LogP contribution in [0.4, 0.5) is 0 Å². The zero-order chi connectivity index (χ0) is 15.7. The van der Waals surface area contributed by atoms with Crippen molar-refractivity contribution in [3.63, 3.8) is 0 Å². The maximum Gasteiger partial charge on any atom is 0.222 e. The first-order chi connectivity index (χ1) is 10.6. The largest absolute Gasteiger partial charge is 0.340 e. The van der Waals surface area contributed by atoms with Gasteiger partial charge in [-0.3, -0.25) is 14.5 Å². The molecule has 2 atom stereocenters. The van der Waals surface area contributed by atoms with Crippen molar-refractivity contribution in [1.82, 2.24) is 9.80 Å². The quantitative estimate of drug-likeness (QED) is 0.783. The molecule has 0 saturated carbocycles. The summed E-state index contributed by atoms with van der Waals surface area (Å²) < 4.78 is 0. The highest BCUT2D eigenvalue weighted by Gasteiger charge is 2.45. The molecule has 1 aromatic carbocycles. The summed E-state index contributed by atoms with van der Waals surface area (Å²) in [5.74, 6) is 0.398. The summed E-state index contributed by atoms with van der Waals surface area (Å²) in [6.07, 6.45) is 2.26. The van der Waals surface area contributed by atoms with Gasteiger partial charge in [-0.1, -0.05) is 18.5 Å². The van der Waals surface area contributed by atoms with E-state index < -0.39 is 0 Å². The number of benzene rings is 1. The number of rotatable bonds is 5. The lowest BCUT2D eigenvalue weighted by Crippen LogP contribution is -2.69. The average molecular weight is 321 g/mol. The van der Waals surface area contributed by atoms with E-state index >= 15 is 0 Å². The van der Waals surface area contributed by atoms with Crippen molar-refractivity contribution in [3.05, 3.63) is 34.9 Å². The molecule has 4 nitrogen and oxygen atoms in total. The molecule has 2 bridgehead atoms. The predicted molar refractivity (Wildman–Crippen MR) is 86.2 cm³/mol. The van der Waals surface area contributed by atoms with E-state index in [4.69, 9.17) is 11.6 Å². The number of amides is 1. The third-order valence-corrected chi connectivity index (χ3v) is 5.01. The van der Waals surface area contributed by atoms with E-state index in [-0.39, 0.29) is 11.7 Å². The molecular weight excluding hydrogens is 300 g/mol. The van der Waals surface area contributed by atoms with Crippen LogP contribution in [0.5, 0.6) is 0 Å². The molecule has 3 heterocycles. The van der Waals surface area contributed by atoms with Crippen LogP contribution in [-0.2, 0) is 4.79 Å². The summed E-state index contributed by atoms with van der Waals surface area (Å²) >= 11 is 5.84. The second-order valence-corrected chi connectivity index (χ2v) is 6.55. The molecule has 3 fully saturated rings. The van der Waals surface area contributed by atoms with Crippen LogP contribution in [0.2, 0.25) is 5.02 Å². The molecule has 1 aromatic rings. The van der Waals surface area contributed by atoms with Crippen molar-refractivity contribution in [2.24, 2.45) is 0 Å². The van der Waals surface area contributed by atoms with Crippen LogP contribution in [0.25, 0.3) is 0 Å². The van der Waals surface area contributed by atoms with E-state index in [0.29, 0.717) is 29.9 Å². The SMILES string of the molecule is CCC(=O)N1CC2CC(C1)N2CCC(=O)c1ccc(Cl)cc1. The van der Waals surface area contributed by atoms with Crippen LogP contribution in [-0.4, -0.2) is 53.2 Å². The molecule has 3 saturated heterocycles. The molecule has 5 heteroatoms. The highest BCUT2D eigenvalue weighted by Crippen LogP contribution is 2.32. The standard InChI is InChI=1S/C17H21ClN2O2/c1-2-17(22)19-10-14-9-15(11-19)20(14)8-7-16(21)12-3-5-13(18)6-4-12/h3-6,14-15H,2,7-11H2,1H3. The molecule has 3 aliphatic heterocycles. The van der Waals surface area contributed by atoms with E-state index in [1.54, 1.807) is 24.3 Å². The van der Waals surface area contributed by atoms with Gasteiger partial charge < -0.3 is 4.90 Å². The molecule has 0 aromatic heterocycles. The Morgan fingerprint density at radius 2 is 1.82 bits per heavy atom. The van der Waals surface area contributed by atoms with E-state index in [0.717, 1.165) is 31.6 Å². The first-order valence-electron chi connectivity index (χ1n) is 7.90. The van der Waals surface area contributed by atoms with Crippen molar-refractivity contribution >= 4 is 23.3 Å². The molecule has 0 aliphatic carbocycles. The summed E-state index contributed by atoms with van der Waals surface area (Å²) in [7, 11) is 0. The van der Waals surface area contributed by atoms with E-state index in [9.17, 15) is 9.59 Å². The third-order valence-electron chi connectivity index (χ3n) is 4.76. The van der Waals surface area contributed by atoms with Gasteiger partial charge in [0.2, 0.25) is 5.91 Å². The number of hydrogen-bond acceptors (Lipinski definition) is 3. The first-order valence-corrected chi connectivity index (χ1v) is 8.28. The Morgan fingerprint density at radius 1 is 1.18 bits per heavy atom. The van der Waals surface area contributed by atoms with Crippen molar-refractivity contribution in [2.45, 2.75) is 38.3 Å². The van der Waals surface area contributed by atoms with Crippen molar-refractivity contribution in [1.29, 1.82) is 0 Å². The van der Waals surface area contributed by atoms with Gasteiger partial charge in [-0.15, -0.1) is 0 Å². The van der Waals surface area contributed by atoms with Gasteiger partial charge in [0.1, 0.15) is 0 Å². The van der Waals surface area contributed by atoms with Gasteiger partial charge in [0.05, 0.1) is 0 Å². The average Bonchev–Trinajstić information content (AvgIpc) is 2.54. The Hall–Kier alpha value is -1.39. The summed E-state index contributed by atoms with van der Waals surface area (Å²) in [5.41, 5.74) is 0.720. The number of piperidine rings is 1. The molecule has 1 amide bonds. The van der Waals surface area contributed by atoms with Gasteiger partial charge in [-0.05, 0) is 30.7 Å². The number of piperazine rings is 1. The molecular formula is C17H21ClN2O2. The van der Waals surface area contributed by atoms with Gasteiger partial charge in [0.15, 0.2) is 5.78 Å². The Kier molecular flexibility index (Phi) is 4.50. The number of nitrogens with zero attached hydrogens (tertiary/aromatic N) is 2. The lowest BCUT2D eigenvalue weighted by atomic mass is 9.86. The maximum atomic E-state index is 12.2. The van der Waals surface area contributed by atoms with Gasteiger partial charge in [0.25, 0.3) is 0 Å². The van der Waals surface area contributed by atoms with Crippen molar-refractivity contribution < 1.29 is 9.59 Å². The minimum absolute atomic E-state index is 0.156.